The highest BCUT2D eigenvalue weighted by atomic mass is 16.5. The van der Waals surface area contributed by atoms with Crippen molar-refractivity contribution in [3.8, 4) is 5.75 Å². The molecule has 1 rings (SSSR count). The standard InChI is InChI=1S/C23H41NO/c1-5-9-11-19(7-3)17-23(18-20(8-4)12-10-6-2)25-22-15-13-21(24)14-16-22/h13-16,19-20,23H,5-12,17-18,24H2,1-4H3. The van der Waals surface area contributed by atoms with Crippen molar-refractivity contribution in [1.82, 2.24) is 0 Å². The third-order valence-corrected chi connectivity index (χ3v) is 5.46. The maximum absolute atomic E-state index is 6.44. The minimum absolute atomic E-state index is 0.326. The van der Waals surface area contributed by atoms with Gasteiger partial charge in [-0.25, -0.2) is 0 Å². The second-order valence-electron chi connectivity index (χ2n) is 7.61. The van der Waals surface area contributed by atoms with E-state index in [0.717, 1.165) is 23.3 Å². The summed E-state index contributed by atoms with van der Waals surface area (Å²) in [6.45, 7) is 9.23. The van der Waals surface area contributed by atoms with Gasteiger partial charge < -0.3 is 10.5 Å². The fraction of sp³-hybridized carbons (Fsp3) is 0.739. The average molecular weight is 348 g/mol. The molecule has 0 radical (unpaired) electrons. The van der Waals surface area contributed by atoms with Crippen LogP contribution in [-0.2, 0) is 0 Å². The Morgan fingerprint density at radius 1 is 0.800 bits per heavy atom. The second kappa shape index (κ2) is 13.1. The van der Waals surface area contributed by atoms with E-state index in [1.54, 1.807) is 0 Å². The molecule has 0 aliphatic rings. The predicted molar refractivity (Wildman–Crippen MR) is 111 cm³/mol. The van der Waals surface area contributed by atoms with E-state index in [1.165, 1.54) is 64.2 Å². The van der Waals surface area contributed by atoms with E-state index in [2.05, 4.69) is 27.7 Å². The molecule has 0 amide bonds. The molecular formula is C23H41NO. The summed E-state index contributed by atoms with van der Waals surface area (Å²) in [4.78, 5) is 0. The minimum Gasteiger partial charge on any atom is -0.490 e. The van der Waals surface area contributed by atoms with Crippen LogP contribution in [0.15, 0.2) is 24.3 Å². The van der Waals surface area contributed by atoms with E-state index in [1.807, 2.05) is 24.3 Å². The molecule has 0 fully saturated rings. The number of nitrogen functional groups attached to an aromatic ring is 1. The lowest BCUT2D eigenvalue weighted by molar-refractivity contribution is 0.129. The van der Waals surface area contributed by atoms with Crippen molar-refractivity contribution in [2.24, 2.45) is 11.8 Å². The summed E-state index contributed by atoms with van der Waals surface area (Å²) < 4.78 is 6.44. The summed E-state index contributed by atoms with van der Waals surface area (Å²) in [5.41, 5.74) is 6.61. The normalized spacial score (nSPS) is 14.9. The van der Waals surface area contributed by atoms with E-state index in [-0.39, 0.29) is 0 Å². The smallest absolute Gasteiger partial charge is 0.119 e. The minimum atomic E-state index is 0.326. The number of hydrogen-bond donors (Lipinski definition) is 1. The van der Waals surface area contributed by atoms with Crippen LogP contribution in [0.1, 0.15) is 91.9 Å². The molecule has 2 atom stereocenters. The van der Waals surface area contributed by atoms with Gasteiger partial charge in [-0.05, 0) is 48.9 Å². The largest absolute Gasteiger partial charge is 0.490 e. The topological polar surface area (TPSA) is 35.2 Å². The lowest BCUT2D eigenvalue weighted by Crippen LogP contribution is -2.24. The second-order valence-corrected chi connectivity index (χ2v) is 7.61. The molecule has 0 saturated heterocycles. The Bertz CT molecular complexity index is 410. The van der Waals surface area contributed by atoms with Crippen LogP contribution in [0.5, 0.6) is 5.75 Å². The summed E-state index contributed by atoms with van der Waals surface area (Å²) in [6.07, 6.45) is 13.1. The summed E-state index contributed by atoms with van der Waals surface area (Å²) >= 11 is 0. The quantitative estimate of drug-likeness (QED) is 0.360. The molecule has 2 heteroatoms. The number of hydrogen-bond acceptors (Lipinski definition) is 2. The van der Waals surface area contributed by atoms with E-state index in [9.17, 15) is 0 Å². The molecule has 2 nitrogen and oxygen atoms in total. The Labute approximate surface area is 156 Å². The highest BCUT2D eigenvalue weighted by Gasteiger charge is 2.21. The predicted octanol–water partition coefficient (Wildman–Crippen LogP) is 7.23. The van der Waals surface area contributed by atoms with Gasteiger partial charge in [0.25, 0.3) is 0 Å². The van der Waals surface area contributed by atoms with Crippen molar-refractivity contribution in [1.29, 1.82) is 0 Å². The SMILES string of the molecule is CCCCC(CC)CC(CC(CC)CCCC)Oc1ccc(N)cc1. The Kier molecular flexibility index (Phi) is 11.4. The first-order chi connectivity index (χ1) is 12.1. The van der Waals surface area contributed by atoms with E-state index in [0.29, 0.717) is 6.10 Å². The lowest BCUT2D eigenvalue weighted by Gasteiger charge is -2.27. The van der Waals surface area contributed by atoms with Crippen molar-refractivity contribution in [3.05, 3.63) is 24.3 Å². The van der Waals surface area contributed by atoms with Crippen LogP contribution in [0.25, 0.3) is 0 Å². The fourth-order valence-electron chi connectivity index (χ4n) is 3.64. The van der Waals surface area contributed by atoms with Gasteiger partial charge in [0.1, 0.15) is 5.75 Å². The maximum atomic E-state index is 6.44. The molecule has 1 aromatic rings. The highest BCUT2D eigenvalue weighted by molar-refractivity contribution is 5.41. The summed E-state index contributed by atoms with van der Waals surface area (Å²) in [6, 6.07) is 7.91. The number of benzene rings is 1. The summed E-state index contributed by atoms with van der Waals surface area (Å²) in [7, 11) is 0. The monoisotopic (exact) mass is 347 g/mol. The number of ether oxygens (including phenoxy) is 1. The van der Waals surface area contributed by atoms with Gasteiger partial charge in [-0.3, -0.25) is 0 Å². The first kappa shape index (κ1) is 21.9. The molecule has 1 aromatic carbocycles. The van der Waals surface area contributed by atoms with Crippen LogP contribution >= 0.6 is 0 Å². The van der Waals surface area contributed by atoms with E-state index >= 15 is 0 Å². The Balaban J connectivity index is 2.74. The zero-order valence-corrected chi connectivity index (χ0v) is 17.1. The molecule has 2 unspecified atom stereocenters. The first-order valence-corrected chi connectivity index (χ1v) is 10.6. The third kappa shape index (κ3) is 9.18. The molecule has 0 aliphatic carbocycles. The van der Waals surface area contributed by atoms with Crippen molar-refractivity contribution < 1.29 is 4.74 Å². The van der Waals surface area contributed by atoms with Crippen LogP contribution in [-0.4, -0.2) is 6.10 Å². The molecule has 0 spiro atoms. The molecule has 0 saturated carbocycles. The molecule has 0 aromatic heterocycles. The van der Waals surface area contributed by atoms with Gasteiger partial charge >= 0.3 is 0 Å². The Morgan fingerprint density at radius 2 is 1.28 bits per heavy atom. The highest BCUT2D eigenvalue weighted by Crippen LogP contribution is 2.28. The van der Waals surface area contributed by atoms with Gasteiger partial charge in [0.15, 0.2) is 0 Å². The van der Waals surface area contributed by atoms with Crippen molar-refractivity contribution in [2.45, 2.75) is 98.0 Å². The van der Waals surface area contributed by atoms with Gasteiger partial charge in [0, 0.05) is 5.69 Å². The van der Waals surface area contributed by atoms with Crippen LogP contribution in [0.3, 0.4) is 0 Å². The van der Waals surface area contributed by atoms with Gasteiger partial charge in [-0.2, -0.15) is 0 Å². The number of rotatable bonds is 14. The average Bonchev–Trinajstić information content (AvgIpc) is 2.63. The molecule has 2 N–H and O–H groups in total. The van der Waals surface area contributed by atoms with Gasteiger partial charge in [0.2, 0.25) is 0 Å². The molecular weight excluding hydrogens is 306 g/mol. The zero-order valence-electron chi connectivity index (χ0n) is 17.1. The Morgan fingerprint density at radius 3 is 1.68 bits per heavy atom. The van der Waals surface area contributed by atoms with Crippen LogP contribution in [0, 0.1) is 11.8 Å². The van der Waals surface area contributed by atoms with Crippen molar-refractivity contribution in [3.63, 3.8) is 0 Å². The molecule has 0 aliphatic heterocycles. The van der Waals surface area contributed by atoms with Crippen molar-refractivity contribution >= 4 is 5.69 Å². The van der Waals surface area contributed by atoms with E-state index < -0.39 is 0 Å². The third-order valence-electron chi connectivity index (χ3n) is 5.46. The van der Waals surface area contributed by atoms with Gasteiger partial charge in [0.05, 0.1) is 6.10 Å². The molecule has 25 heavy (non-hydrogen) atoms. The van der Waals surface area contributed by atoms with Crippen molar-refractivity contribution in [2.75, 3.05) is 5.73 Å². The first-order valence-electron chi connectivity index (χ1n) is 10.6. The fourth-order valence-corrected chi connectivity index (χ4v) is 3.64. The number of unbranched alkanes of at least 4 members (excludes halogenated alkanes) is 2. The molecule has 144 valence electrons. The van der Waals surface area contributed by atoms with Crippen LogP contribution in [0.2, 0.25) is 0 Å². The van der Waals surface area contributed by atoms with Crippen LogP contribution < -0.4 is 10.5 Å². The maximum Gasteiger partial charge on any atom is 0.119 e. The number of anilines is 1. The van der Waals surface area contributed by atoms with E-state index in [4.69, 9.17) is 10.5 Å². The van der Waals surface area contributed by atoms with Gasteiger partial charge in [-0.15, -0.1) is 0 Å². The molecule has 0 bridgehead atoms. The lowest BCUT2D eigenvalue weighted by atomic mass is 9.87. The summed E-state index contributed by atoms with van der Waals surface area (Å²) in [5.74, 6) is 2.53. The Hall–Kier alpha value is -1.18. The molecule has 0 heterocycles. The number of nitrogens with two attached hydrogens (primary N) is 1. The zero-order chi connectivity index (χ0) is 18.5. The van der Waals surface area contributed by atoms with Crippen LogP contribution in [0.4, 0.5) is 5.69 Å². The summed E-state index contributed by atoms with van der Waals surface area (Å²) in [5, 5.41) is 0. The van der Waals surface area contributed by atoms with Gasteiger partial charge in [-0.1, -0.05) is 79.1 Å².